The number of esters is 1. The molecule has 0 saturated carbocycles. The Kier molecular flexibility index (Phi) is 10.0. The van der Waals surface area contributed by atoms with E-state index in [9.17, 15) is 4.79 Å². The summed E-state index contributed by atoms with van der Waals surface area (Å²) in [5.74, 6) is 0.455. The molecule has 0 saturated heterocycles. The van der Waals surface area contributed by atoms with Gasteiger partial charge in [-0.1, -0.05) is 0 Å². The average molecular weight is 353 g/mol. The zero-order valence-corrected chi connectivity index (χ0v) is 15.2. The molecule has 0 aromatic rings. The maximum absolute atomic E-state index is 11.6. The van der Waals surface area contributed by atoms with Gasteiger partial charge in [0.05, 0.1) is 0 Å². The molecule has 0 fully saturated rings. The molecule has 0 aliphatic carbocycles. The van der Waals surface area contributed by atoms with Crippen LogP contribution in [0.15, 0.2) is 0 Å². The van der Waals surface area contributed by atoms with E-state index in [1.54, 1.807) is 0 Å². The normalized spacial score (nSPS) is 14.9. The van der Waals surface area contributed by atoms with E-state index < -0.39 is 19.8 Å². The van der Waals surface area contributed by atoms with Crippen LogP contribution in [0.1, 0.15) is 39.5 Å². The molecule has 2 nitrogen and oxygen atoms in total. The molecule has 0 heterocycles. The number of thiol groups is 1. The van der Waals surface area contributed by atoms with Gasteiger partial charge in [0, 0.05) is 0 Å². The summed E-state index contributed by atoms with van der Waals surface area (Å²) in [7, 11) is 0. The first-order valence-electron chi connectivity index (χ1n) is 6.37. The van der Waals surface area contributed by atoms with Crippen molar-refractivity contribution < 1.29 is 9.53 Å². The van der Waals surface area contributed by atoms with Crippen molar-refractivity contribution in [3.63, 3.8) is 0 Å². The van der Waals surface area contributed by atoms with E-state index >= 15 is 0 Å². The van der Waals surface area contributed by atoms with Crippen molar-refractivity contribution in [2.24, 2.45) is 5.92 Å². The minimum absolute atomic E-state index is 0.0783. The van der Waals surface area contributed by atoms with Gasteiger partial charge in [-0.2, -0.15) is 0 Å². The summed E-state index contributed by atoms with van der Waals surface area (Å²) in [5.41, 5.74) is 0. The molecule has 0 amide bonds. The van der Waals surface area contributed by atoms with E-state index in [-0.39, 0.29) is 9.24 Å². The van der Waals surface area contributed by atoms with Gasteiger partial charge in [0.15, 0.2) is 0 Å². The van der Waals surface area contributed by atoms with E-state index in [0.29, 0.717) is 12.5 Å². The van der Waals surface area contributed by atoms with Gasteiger partial charge in [-0.05, 0) is 0 Å². The summed E-state index contributed by atoms with van der Waals surface area (Å²) >= 11 is 2.67. The van der Waals surface area contributed by atoms with Crippen LogP contribution >= 0.6 is 12.6 Å². The Labute approximate surface area is 113 Å². The second kappa shape index (κ2) is 9.63. The Morgan fingerprint density at radius 1 is 1.38 bits per heavy atom. The molecular formula is C12H26O2SSn. The monoisotopic (exact) mass is 354 g/mol. The van der Waals surface area contributed by atoms with Crippen molar-refractivity contribution in [3.05, 3.63) is 0 Å². The molecule has 0 rings (SSSR count). The third-order valence-electron chi connectivity index (χ3n) is 2.88. The van der Waals surface area contributed by atoms with E-state index in [1.807, 2.05) is 0 Å². The second-order valence-corrected chi connectivity index (χ2v) is 15.9. The summed E-state index contributed by atoms with van der Waals surface area (Å²) < 4.78 is 5.27. The average Bonchev–Trinajstić information content (AvgIpc) is 2.27. The fourth-order valence-corrected chi connectivity index (χ4v) is 3.36. The minimum atomic E-state index is -1.67. The van der Waals surface area contributed by atoms with Crippen molar-refractivity contribution in [2.75, 3.05) is 6.61 Å². The molecule has 0 aromatic carbocycles. The topological polar surface area (TPSA) is 26.3 Å². The van der Waals surface area contributed by atoms with Gasteiger partial charge in [-0.15, -0.1) is 0 Å². The van der Waals surface area contributed by atoms with Crippen LogP contribution in [0.5, 0.6) is 0 Å². The Morgan fingerprint density at radius 2 is 2.00 bits per heavy atom. The van der Waals surface area contributed by atoms with Crippen molar-refractivity contribution in [3.8, 4) is 0 Å². The molecule has 0 aromatic heterocycles. The molecular weight excluding hydrogens is 327 g/mol. The first-order valence-corrected chi connectivity index (χ1v) is 15.4. The van der Waals surface area contributed by atoms with Gasteiger partial charge in [-0.3, -0.25) is 0 Å². The number of rotatable bonds is 8. The van der Waals surface area contributed by atoms with Crippen LogP contribution in [-0.4, -0.2) is 35.6 Å². The van der Waals surface area contributed by atoms with Crippen molar-refractivity contribution >= 4 is 38.4 Å². The van der Waals surface area contributed by atoms with Gasteiger partial charge in [0.25, 0.3) is 0 Å². The van der Waals surface area contributed by atoms with Gasteiger partial charge >= 0.3 is 113 Å². The first kappa shape index (κ1) is 16.6. The summed E-state index contributed by atoms with van der Waals surface area (Å²) in [4.78, 5) is 16.0. The predicted octanol–water partition coefficient (Wildman–Crippen LogP) is 3.07. The van der Waals surface area contributed by atoms with E-state index in [2.05, 4.69) is 36.4 Å². The van der Waals surface area contributed by atoms with Crippen LogP contribution in [0, 0.1) is 5.92 Å². The molecule has 4 heteroatoms. The molecule has 16 heavy (non-hydrogen) atoms. The van der Waals surface area contributed by atoms with E-state index in [0.717, 1.165) is 6.42 Å². The van der Waals surface area contributed by atoms with E-state index in [1.165, 1.54) is 19.3 Å². The number of carbonyl (C=O) groups is 1. The van der Waals surface area contributed by atoms with Gasteiger partial charge in [-0.25, -0.2) is 0 Å². The molecule has 0 spiro atoms. The Bertz CT molecular complexity index is 197. The Hall–Kier alpha value is 0.619. The quantitative estimate of drug-likeness (QED) is 0.412. The molecule has 2 unspecified atom stereocenters. The Morgan fingerprint density at radius 3 is 2.44 bits per heavy atom. The van der Waals surface area contributed by atoms with Gasteiger partial charge < -0.3 is 0 Å². The van der Waals surface area contributed by atoms with Crippen LogP contribution in [0.25, 0.3) is 0 Å². The number of hydrogen-bond acceptors (Lipinski definition) is 3. The molecule has 0 N–H and O–H groups in total. The number of hydrogen-bond donors (Lipinski definition) is 1. The van der Waals surface area contributed by atoms with Crippen molar-refractivity contribution in [2.45, 2.75) is 52.7 Å². The standard InChI is InChI=1S/C10H19O2S.2CH3.Sn.H/c1-3-5-6-9(4-2)7-12-10(11)8-13;;;;/h8-9,13H,3-7H2,1-2H3;2*1H3;;. The number of carbonyl (C=O) groups excluding carboxylic acids is 1. The molecule has 0 radical (unpaired) electrons. The summed E-state index contributed by atoms with van der Waals surface area (Å²) in [6.45, 7) is 4.94. The van der Waals surface area contributed by atoms with E-state index in [4.69, 9.17) is 4.74 Å². The molecule has 0 bridgehead atoms. The maximum atomic E-state index is 11.6. The fraction of sp³-hybridized carbons (Fsp3) is 0.917. The third-order valence-corrected chi connectivity index (χ3v) is 11.5. The predicted molar refractivity (Wildman–Crippen MR) is 75.9 cm³/mol. The van der Waals surface area contributed by atoms with Crippen LogP contribution in [0.4, 0.5) is 0 Å². The van der Waals surface area contributed by atoms with Crippen LogP contribution in [0.2, 0.25) is 9.88 Å². The zero-order valence-electron chi connectivity index (χ0n) is 11.0. The van der Waals surface area contributed by atoms with Crippen LogP contribution < -0.4 is 0 Å². The molecule has 0 aliphatic heterocycles. The van der Waals surface area contributed by atoms with Crippen molar-refractivity contribution in [1.82, 2.24) is 0 Å². The summed E-state index contributed by atoms with van der Waals surface area (Å²) in [6, 6.07) is 0. The summed E-state index contributed by atoms with van der Waals surface area (Å²) in [6.07, 6.45) is 4.70. The SMILES string of the molecule is CCCCC(CC)COC(=O)[CH](S)[SnH]([CH3])[CH3]. The fourth-order valence-electron chi connectivity index (χ4n) is 1.46. The van der Waals surface area contributed by atoms with Crippen molar-refractivity contribution in [1.29, 1.82) is 0 Å². The molecule has 0 aliphatic rings. The first-order chi connectivity index (χ1) is 7.52. The van der Waals surface area contributed by atoms with Gasteiger partial charge in [0.1, 0.15) is 0 Å². The van der Waals surface area contributed by atoms with Gasteiger partial charge in [0.2, 0.25) is 0 Å². The zero-order chi connectivity index (χ0) is 12.6. The second-order valence-electron chi connectivity index (χ2n) is 4.74. The molecule has 2 atom stereocenters. The summed E-state index contributed by atoms with van der Waals surface area (Å²) in [5, 5.41) is 0. The van der Waals surface area contributed by atoms with Crippen LogP contribution in [0.3, 0.4) is 0 Å². The van der Waals surface area contributed by atoms with Crippen LogP contribution in [-0.2, 0) is 9.53 Å². The molecule has 96 valence electrons. The third kappa shape index (κ3) is 7.04. The number of unbranched alkanes of at least 4 members (excludes halogenated alkanes) is 1. The number of ether oxygens (including phenoxy) is 1. The Balaban J connectivity index is 3.87.